The maximum Gasteiger partial charge on any atom is 0.427 e. The van der Waals surface area contributed by atoms with Crippen LogP contribution in [0.5, 0.6) is 5.75 Å². The summed E-state index contributed by atoms with van der Waals surface area (Å²) in [4.78, 5) is 0. The second-order valence-corrected chi connectivity index (χ2v) is 10.5. The molecule has 0 bridgehead atoms. The Morgan fingerprint density at radius 1 is 0.853 bits per heavy atom. The summed E-state index contributed by atoms with van der Waals surface area (Å²) in [5.41, 5.74) is 2.10. The van der Waals surface area contributed by atoms with Gasteiger partial charge in [0.25, 0.3) is 0 Å². The standard InChI is InChI=1S/C30H39F3O/c1-3-4-5-6-7-8-9-10-11-23-16-19-26-25-18-17-24(22-14-12-21(2)13-15-22)20-27(25)30(32,33)34-29(26)28(23)31/h16-22H,3-15H2,1-2H3. The number of ether oxygens (including phenoxy) is 1. The number of alkyl halides is 2. The van der Waals surface area contributed by atoms with Gasteiger partial charge in [-0.2, -0.15) is 8.78 Å². The Hall–Kier alpha value is -1.97. The van der Waals surface area contributed by atoms with E-state index < -0.39 is 11.9 Å². The molecule has 2 aromatic carbocycles. The van der Waals surface area contributed by atoms with E-state index in [4.69, 9.17) is 4.74 Å². The summed E-state index contributed by atoms with van der Waals surface area (Å²) < 4.78 is 50.5. The SMILES string of the molecule is CCCCCCCCCCc1ccc2c(c1F)OC(F)(F)c1cc(C3CCC(C)CC3)ccc1-2. The lowest BCUT2D eigenvalue weighted by Gasteiger charge is -2.31. The molecule has 0 spiro atoms. The van der Waals surface area contributed by atoms with E-state index in [1.807, 2.05) is 6.07 Å². The quantitative estimate of drug-likeness (QED) is 0.313. The van der Waals surface area contributed by atoms with Crippen LogP contribution < -0.4 is 4.74 Å². The van der Waals surface area contributed by atoms with Gasteiger partial charge in [0.1, 0.15) is 0 Å². The fraction of sp³-hybridized carbons (Fsp3) is 0.600. The maximum atomic E-state index is 15.3. The minimum Gasteiger partial charge on any atom is -0.425 e. The molecule has 0 radical (unpaired) electrons. The van der Waals surface area contributed by atoms with E-state index in [0.29, 0.717) is 34.9 Å². The predicted molar refractivity (Wildman–Crippen MR) is 133 cm³/mol. The zero-order chi connectivity index (χ0) is 24.1. The van der Waals surface area contributed by atoms with Crippen molar-refractivity contribution in [1.29, 1.82) is 0 Å². The molecule has 0 unspecified atom stereocenters. The lowest BCUT2D eigenvalue weighted by molar-refractivity contribution is -0.188. The summed E-state index contributed by atoms with van der Waals surface area (Å²) in [7, 11) is 0. The van der Waals surface area contributed by atoms with Gasteiger partial charge in [-0.15, -0.1) is 0 Å². The molecule has 4 heteroatoms. The molecule has 1 nitrogen and oxygen atoms in total. The Balaban J connectivity index is 1.46. The Labute approximate surface area is 203 Å². The number of fused-ring (bicyclic) bond motifs is 3. The van der Waals surface area contributed by atoms with Crippen molar-refractivity contribution in [2.24, 2.45) is 5.92 Å². The van der Waals surface area contributed by atoms with Gasteiger partial charge >= 0.3 is 6.11 Å². The fourth-order valence-corrected chi connectivity index (χ4v) is 5.62. The molecule has 1 fully saturated rings. The number of aryl methyl sites for hydroxylation is 1. The third-order valence-electron chi connectivity index (χ3n) is 7.84. The summed E-state index contributed by atoms with van der Waals surface area (Å²) in [5.74, 6) is 0.0860. The first-order chi connectivity index (χ1) is 16.4. The molecule has 2 aliphatic rings. The van der Waals surface area contributed by atoms with E-state index in [1.54, 1.807) is 24.3 Å². The Morgan fingerprint density at radius 2 is 1.50 bits per heavy atom. The smallest absolute Gasteiger partial charge is 0.425 e. The lowest BCUT2D eigenvalue weighted by atomic mass is 9.78. The topological polar surface area (TPSA) is 9.23 Å². The van der Waals surface area contributed by atoms with Crippen LogP contribution in [0.15, 0.2) is 30.3 Å². The second-order valence-electron chi connectivity index (χ2n) is 10.5. The van der Waals surface area contributed by atoms with Crippen molar-refractivity contribution in [3.05, 3.63) is 52.8 Å². The van der Waals surface area contributed by atoms with Crippen LogP contribution in [-0.4, -0.2) is 0 Å². The van der Waals surface area contributed by atoms with Crippen molar-refractivity contribution in [3.63, 3.8) is 0 Å². The molecule has 0 N–H and O–H groups in total. The van der Waals surface area contributed by atoms with Crippen LogP contribution in [0.2, 0.25) is 0 Å². The predicted octanol–water partition coefficient (Wildman–Crippen LogP) is 9.91. The van der Waals surface area contributed by atoms with Crippen molar-refractivity contribution >= 4 is 0 Å². The molecular formula is C30H39F3O. The molecule has 0 amide bonds. The van der Waals surface area contributed by atoms with Gasteiger partial charge in [0.05, 0.1) is 5.56 Å². The van der Waals surface area contributed by atoms with Crippen LogP contribution >= 0.6 is 0 Å². The number of benzene rings is 2. The van der Waals surface area contributed by atoms with Gasteiger partial charge in [-0.25, -0.2) is 4.39 Å². The number of rotatable bonds is 10. The highest BCUT2D eigenvalue weighted by atomic mass is 19.3. The molecule has 4 rings (SSSR count). The molecule has 34 heavy (non-hydrogen) atoms. The van der Waals surface area contributed by atoms with E-state index in [1.165, 1.54) is 32.1 Å². The van der Waals surface area contributed by atoms with Crippen LogP contribution in [0.3, 0.4) is 0 Å². The fourth-order valence-electron chi connectivity index (χ4n) is 5.62. The maximum absolute atomic E-state index is 15.3. The number of unbranched alkanes of at least 4 members (excludes halogenated alkanes) is 7. The van der Waals surface area contributed by atoms with E-state index >= 15 is 13.2 Å². The summed E-state index contributed by atoms with van der Waals surface area (Å²) in [6.45, 7) is 4.46. The molecular weight excluding hydrogens is 433 g/mol. The third-order valence-corrected chi connectivity index (χ3v) is 7.84. The van der Waals surface area contributed by atoms with Gasteiger partial charge in [-0.05, 0) is 60.3 Å². The monoisotopic (exact) mass is 472 g/mol. The molecule has 1 aliphatic heterocycles. The summed E-state index contributed by atoms with van der Waals surface area (Å²) >= 11 is 0. The molecule has 0 saturated heterocycles. The molecule has 2 aromatic rings. The highest BCUT2D eigenvalue weighted by Crippen LogP contribution is 2.50. The van der Waals surface area contributed by atoms with Gasteiger partial charge in [0.2, 0.25) is 0 Å². The zero-order valence-corrected chi connectivity index (χ0v) is 20.8. The van der Waals surface area contributed by atoms with Gasteiger partial charge in [-0.3, -0.25) is 0 Å². The largest absolute Gasteiger partial charge is 0.427 e. The van der Waals surface area contributed by atoms with Crippen molar-refractivity contribution in [2.45, 2.75) is 109 Å². The van der Waals surface area contributed by atoms with Crippen molar-refractivity contribution in [3.8, 4) is 16.9 Å². The normalized spacial score (nSPS) is 21.0. The average molecular weight is 473 g/mol. The van der Waals surface area contributed by atoms with E-state index in [-0.39, 0.29) is 11.3 Å². The molecule has 1 saturated carbocycles. The zero-order valence-electron chi connectivity index (χ0n) is 20.8. The first-order valence-corrected chi connectivity index (χ1v) is 13.4. The Bertz CT molecular complexity index is 960. The van der Waals surface area contributed by atoms with Crippen LogP contribution in [0.4, 0.5) is 13.2 Å². The average Bonchev–Trinajstić information content (AvgIpc) is 2.83. The summed E-state index contributed by atoms with van der Waals surface area (Å²) in [5, 5.41) is 0. The highest BCUT2D eigenvalue weighted by molar-refractivity contribution is 5.77. The Morgan fingerprint density at radius 3 is 2.21 bits per heavy atom. The van der Waals surface area contributed by atoms with Gasteiger partial charge in [-0.1, -0.05) is 95.9 Å². The summed E-state index contributed by atoms with van der Waals surface area (Å²) in [6.07, 6.45) is 10.6. The van der Waals surface area contributed by atoms with Gasteiger partial charge < -0.3 is 4.74 Å². The van der Waals surface area contributed by atoms with Crippen LogP contribution in [0.25, 0.3) is 11.1 Å². The van der Waals surface area contributed by atoms with Crippen molar-refractivity contribution in [2.75, 3.05) is 0 Å². The molecule has 0 aromatic heterocycles. The molecule has 1 aliphatic carbocycles. The van der Waals surface area contributed by atoms with E-state index in [2.05, 4.69) is 13.8 Å². The van der Waals surface area contributed by atoms with Crippen molar-refractivity contribution < 1.29 is 17.9 Å². The minimum absolute atomic E-state index is 0.133. The number of halogens is 3. The molecule has 186 valence electrons. The molecule has 0 atom stereocenters. The minimum atomic E-state index is -3.53. The Kier molecular flexibility index (Phi) is 8.26. The second kappa shape index (κ2) is 11.2. The molecule has 1 heterocycles. The first kappa shape index (κ1) is 25.1. The lowest BCUT2D eigenvalue weighted by Crippen LogP contribution is -2.27. The van der Waals surface area contributed by atoms with Gasteiger partial charge in [0, 0.05) is 5.56 Å². The number of hydrogen-bond donors (Lipinski definition) is 0. The van der Waals surface area contributed by atoms with Gasteiger partial charge in [0.15, 0.2) is 11.6 Å². The van der Waals surface area contributed by atoms with Crippen molar-refractivity contribution in [1.82, 2.24) is 0 Å². The van der Waals surface area contributed by atoms with Crippen LogP contribution in [0.1, 0.15) is 114 Å². The van der Waals surface area contributed by atoms with Crippen LogP contribution in [0, 0.1) is 11.7 Å². The highest BCUT2D eigenvalue weighted by Gasteiger charge is 2.43. The van der Waals surface area contributed by atoms with Crippen LogP contribution in [-0.2, 0) is 12.5 Å². The number of hydrogen-bond acceptors (Lipinski definition) is 1. The van der Waals surface area contributed by atoms with E-state index in [0.717, 1.165) is 50.5 Å². The first-order valence-electron chi connectivity index (χ1n) is 13.4. The third kappa shape index (κ3) is 5.63. The van der Waals surface area contributed by atoms with E-state index in [9.17, 15) is 0 Å². The summed E-state index contributed by atoms with van der Waals surface area (Å²) in [6, 6.07) is 8.81.